The first-order valence-corrected chi connectivity index (χ1v) is 11.0. The minimum Gasteiger partial charge on any atom is -0.468 e. The second kappa shape index (κ2) is 12.2. The van der Waals surface area contributed by atoms with E-state index in [0.29, 0.717) is 12.0 Å². The van der Waals surface area contributed by atoms with Gasteiger partial charge in [0.05, 0.1) is 7.11 Å². The maximum atomic E-state index is 13.4. The zero-order valence-electron chi connectivity index (χ0n) is 20.9. The van der Waals surface area contributed by atoms with Crippen molar-refractivity contribution >= 4 is 23.9 Å². The van der Waals surface area contributed by atoms with Crippen LogP contribution in [0.2, 0.25) is 0 Å². The summed E-state index contributed by atoms with van der Waals surface area (Å²) in [6.07, 6.45) is -0.144. The Balaban J connectivity index is 3.28. The van der Waals surface area contributed by atoms with Crippen molar-refractivity contribution in [2.75, 3.05) is 20.2 Å². The number of carbonyl (C=O) groups is 4. The number of alkyl carbamates (subject to hydrolysis) is 1. The second-order valence-electron chi connectivity index (χ2n) is 8.94. The Hall–Kier alpha value is -3.10. The number of aryl methyl sites for hydroxylation is 2. The summed E-state index contributed by atoms with van der Waals surface area (Å²) in [6, 6.07) is 3.58. The second-order valence-corrected chi connectivity index (χ2v) is 8.94. The lowest BCUT2D eigenvalue weighted by atomic mass is 9.98. The van der Waals surface area contributed by atoms with Crippen molar-refractivity contribution < 1.29 is 28.7 Å². The topological polar surface area (TPSA) is 114 Å². The molecule has 0 saturated heterocycles. The molecule has 2 unspecified atom stereocenters. The monoisotopic (exact) mass is 463 g/mol. The van der Waals surface area contributed by atoms with Gasteiger partial charge in [-0.25, -0.2) is 4.79 Å². The van der Waals surface area contributed by atoms with E-state index in [-0.39, 0.29) is 13.1 Å². The minimum absolute atomic E-state index is 0.266. The smallest absolute Gasteiger partial charge is 0.408 e. The zero-order chi connectivity index (χ0) is 25.3. The first kappa shape index (κ1) is 27.9. The van der Waals surface area contributed by atoms with Crippen LogP contribution in [-0.4, -0.2) is 60.6 Å². The van der Waals surface area contributed by atoms with E-state index in [1.54, 1.807) is 33.8 Å². The van der Waals surface area contributed by atoms with Crippen LogP contribution in [0.25, 0.3) is 0 Å². The maximum absolute atomic E-state index is 13.4. The first-order chi connectivity index (χ1) is 15.3. The number of hydrogen-bond donors (Lipinski definition) is 2. The number of benzene rings is 1. The molecule has 0 aliphatic carbocycles. The summed E-state index contributed by atoms with van der Waals surface area (Å²) in [5.74, 6) is -1.57. The summed E-state index contributed by atoms with van der Waals surface area (Å²) >= 11 is 0. The van der Waals surface area contributed by atoms with Crippen LogP contribution < -0.4 is 10.6 Å². The van der Waals surface area contributed by atoms with Crippen LogP contribution in [0.4, 0.5) is 4.79 Å². The molecule has 0 fully saturated rings. The summed E-state index contributed by atoms with van der Waals surface area (Å²) < 4.78 is 9.85. The molecule has 1 aromatic rings. The molecule has 0 radical (unpaired) electrons. The van der Waals surface area contributed by atoms with Gasteiger partial charge in [0.2, 0.25) is 11.8 Å². The van der Waals surface area contributed by atoms with Crippen LogP contribution in [-0.2, 0) is 23.9 Å². The van der Waals surface area contributed by atoms with Crippen molar-refractivity contribution in [1.82, 2.24) is 15.5 Å². The van der Waals surface area contributed by atoms with Crippen LogP contribution in [0, 0.1) is 13.8 Å². The quantitative estimate of drug-likeness (QED) is 0.545. The van der Waals surface area contributed by atoms with E-state index < -0.39 is 41.6 Å². The fourth-order valence-electron chi connectivity index (χ4n) is 3.14. The fourth-order valence-corrected chi connectivity index (χ4v) is 3.14. The lowest BCUT2D eigenvalue weighted by molar-refractivity contribution is -0.144. The van der Waals surface area contributed by atoms with Gasteiger partial charge in [0.25, 0.3) is 0 Å². The van der Waals surface area contributed by atoms with E-state index >= 15 is 0 Å². The van der Waals surface area contributed by atoms with Gasteiger partial charge in [-0.2, -0.15) is 0 Å². The molecule has 9 heteroatoms. The Bertz CT molecular complexity index is 862. The van der Waals surface area contributed by atoms with E-state index in [1.165, 1.54) is 12.0 Å². The molecule has 9 nitrogen and oxygen atoms in total. The molecular formula is C24H37N3O6. The highest BCUT2D eigenvalue weighted by Gasteiger charge is 2.34. The molecule has 0 saturated carbocycles. The van der Waals surface area contributed by atoms with E-state index in [1.807, 2.05) is 32.9 Å². The third kappa shape index (κ3) is 8.75. The average Bonchev–Trinajstić information content (AvgIpc) is 2.71. The van der Waals surface area contributed by atoms with Gasteiger partial charge >= 0.3 is 12.1 Å². The molecule has 2 N–H and O–H groups in total. The molecule has 0 heterocycles. The van der Waals surface area contributed by atoms with E-state index in [4.69, 9.17) is 4.74 Å². The highest BCUT2D eigenvalue weighted by atomic mass is 16.6. The van der Waals surface area contributed by atoms with Gasteiger partial charge in [-0.3, -0.25) is 14.4 Å². The van der Waals surface area contributed by atoms with E-state index in [0.717, 1.165) is 11.1 Å². The molecule has 1 rings (SSSR count). The zero-order valence-corrected chi connectivity index (χ0v) is 20.9. The molecule has 33 heavy (non-hydrogen) atoms. The minimum atomic E-state index is -0.996. The third-order valence-corrected chi connectivity index (χ3v) is 4.89. The third-order valence-electron chi connectivity index (χ3n) is 4.89. The molecular weight excluding hydrogens is 426 g/mol. The van der Waals surface area contributed by atoms with Crippen LogP contribution in [0.5, 0.6) is 0 Å². The van der Waals surface area contributed by atoms with Gasteiger partial charge in [-0.15, -0.1) is 0 Å². The summed E-state index contributed by atoms with van der Waals surface area (Å²) in [5, 5.41) is 5.09. The predicted molar refractivity (Wildman–Crippen MR) is 125 cm³/mol. The average molecular weight is 464 g/mol. The number of rotatable bonds is 9. The Labute approximate surface area is 196 Å². The number of nitrogens with zero attached hydrogens (tertiary/aromatic N) is 1. The van der Waals surface area contributed by atoms with Gasteiger partial charge in [0.1, 0.15) is 24.2 Å². The number of amides is 3. The molecule has 184 valence electrons. The van der Waals surface area contributed by atoms with Crippen LogP contribution >= 0.6 is 0 Å². The molecule has 0 spiro atoms. The van der Waals surface area contributed by atoms with Gasteiger partial charge in [0.15, 0.2) is 0 Å². The normalized spacial score (nSPS) is 12.8. The Kier molecular flexibility index (Phi) is 10.3. The van der Waals surface area contributed by atoms with Gasteiger partial charge < -0.3 is 25.0 Å². The van der Waals surface area contributed by atoms with E-state index in [9.17, 15) is 19.2 Å². The molecule has 3 amide bonds. The molecule has 0 bridgehead atoms. The maximum Gasteiger partial charge on any atom is 0.408 e. The summed E-state index contributed by atoms with van der Waals surface area (Å²) in [6.45, 7) is 12.4. The van der Waals surface area contributed by atoms with Crippen LogP contribution in [0.1, 0.15) is 63.8 Å². The predicted octanol–water partition coefficient (Wildman–Crippen LogP) is 2.79. The largest absolute Gasteiger partial charge is 0.468 e. The SMILES string of the molecule is CCCN(C(=O)C(C)NC(=O)OC(C)(C)C)C(C(=O)NCC(=O)OC)c1ccc(C)c(C)c1. The van der Waals surface area contributed by atoms with Crippen molar-refractivity contribution in [1.29, 1.82) is 0 Å². The lowest BCUT2D eigenvalue weighted by Crippen LogP contribution is -2.52. The number of carbonyl (C=O) groups excluding carboxylic acids is 4. The van der Waals surface area contributed by atoms with Crippen LogP contribution in [0.3, 0.4) is 0 Å². The van der Waals surface area contributed by atoms with Crippen molar-refractivity contribution in [3.8, 4) is 0 Å². The Morgan fingerprint density at radius 2 is 1.73 bits per heavy atom. The standard InChI is InChI=1S/C24H37N3O6/c1-9-12-27(22(30)17(4)26-23(31)33-24(5,6)7)20(21(29)25-14-19(28)32-8)18-11-10-15(2)16(3)13-18/h10-11,13,17,20H,9,12,14H2,1-8H3,(H,25,29)(H,26,31). The number of methoxy groups -OCH3 is 1. The molecule has 0 aliphatic rings. The fraction of sp³-hybridized carbons (Fsp3) is 0.583. The molecule has 1 aromatic carbocycles. The van der Waals surface area contributed by atoms with Crippen molar-refractivity contribution in [3.05, 3.63) is 34.9 Å². The van der Waals surface area contributed by atoms with Crippen molar-refractivity contribution in [2.45, 2.75) is 72.6 Å². The van der Waals surface area contributed by atoms with E-state index in [2.05, 4.69) is 15.4 Å². The van der Waals surface area contributed by atoms with Gasteiger partial charge in [-0.05, 0) is 64.7 Å². The van der Waals surface area contributed by atoms with Crippen LogP contribution in [0.15, 0.2) is 18.2 Å². The number of ether oxygens (including phenoxy) is 2. The first-order valence-electron chi connectivity index (χ1n) is 11.0. The Morgan fingerprint density at radius 1 is 1.09 bits per heavy atom. The highest BCUT2D eigenvalue weighted by molar-refractivity contribution is 5.93. The summed E-state index contributed by atoms with van der Waals surface area (Å²) in [4.78, 5) is 51.7. The lowest BCUT2D eigenvalue weighted by Gasteiger charge is -2.33. The van der Waals surface area contributed by atoms with Crippen molar-refractivity contribution in [2.24, 2.45) is 0 Å². The highest BCUT2D eigenvalue weighted by Crippen LogP contribution is 2.25. The molecule has 0 aromatic heterocycles. The van der Waals surface area contributed by atoms with Gasteiger partial charge in [0, 0.05) is 6.54 Å². The van der Waals surface area contributed by atoms with Gasteiger partial charge in [-0.1, -0.05) is 25.1 Å². The number of hydrogen-bond acceptors (Lipinski definition) is 6. The van der Waals surface area contributed by atoms with Crippen molar-refractivity contribution in [3.63, 3.8) is 0 Å². The summed E-state index contributed by atoms with van der Waals surface area (Å²) in [7, 11) is 1.23. The molecule has 0 aliphatic heterocycles. The number of nitrogens with one attached hydrogen (secondary N) is 2. The Morgan fingerprint density at radius 3 is 2.24 bits per heavy atom. The number of esters is 1. The molecule has 2 atom stereocenters. The summed E-state index contributed by atoms with van der Waals surface area (Å²) in [5.41, 5.74) is 1.89.